The van der Waals surface area contributed by atoms with Crippen molar-refractivity contribution >= 4 is 11.0 Å². The van der Waals surface area contributed by atoms with Gasteiger partial charge < -0.3 is 9.72 Å². The summed E-state index contributed by atoms with van der Waals surface area (Å²) in [4.78, 5) is 21.7. The molecule has 14 heavy (non-hydrogen) atoms. The molecule has 5 heteroatoms. The van der Waals surface area contributed by atoms with E-state index in [1.807, 2.05) is 6.92 Å². The summed E-state index contributed by atoms with van der Waals surface area (Å²) in [7, 11) is 0. The van der Waals surface area contributed by atoms with Crippen LogP contribution in [-0.2, 0) is 0 Å². The van der Waals surface area contributed by atoms with Crippen LogP contribution >= 0.6 is 0 Å². The topological polar surface area (TPSA) is 67.9 Å². The molecule has 2 aromatic heterocycles. The summed E-state index contributed by atoms with van der Waals surface area (Å²) in [5.74, 6) is 0.587. The second kappa shape index (κ2) is 3.45. The van der Waals surface area contributed by atoms with Crippen molar-refractivity contribution in [3.63, 3.8) is 0 Å². The van der Waals surface area contributed by atoms with Crippen LogP contribution < -0.4 is 10.3 Å². The van der Waals surface area contributed by atoms with Crippen LogP contribution in [0.1, 0.15) is 6.92 Å². The molecule has 2 aromatic rings. The molecule has 0 amide bonds. The third kappa shape index (κ3) is 1.32. The van der Waals surface area contributed by atoms with Gasteiger partial charge in [-0.15, -0.1) is 0 Å². The van der Waals surface area contributed by atoms with Gasteiger partial charge in [-0.3, -0.25) is 4.79 Å². The summed E-state index contributed by atoms with van der Waals surface area (Å²) >= 11 is 0. The van der Waals surface area contributed by atoms with Crippen LogP contribution in [0.5, 0.6) is 5.75 Å². The number of rotatable bonds is 2. The van der Waals surface area contributed by atoms with E-state index in [0.29, 0.717) is 23.4 Å². The first kappa shape index (κ1) is 8.68. The normalized spacial score (nSPS) is 10.4. The van der Waals surface area contributed by atoms with Crippen molar-refractivity contribution in [2.24, 2.45) is 0 Å². The number of aromatic amines is 1. The molecule has 0 radical (unpaired) electrons. The van der Waals surface area contributed by atoms with Gasteiger partial charge in [0.05, 0.1) is 12.9 Å². The SMILES string of the molecule is CCOc1ccnc2c(=O)[nH]cnc12. The Kier molecular flexibility index (Phi) is 2.14. The van der Waals surface area contributed by atoms with Crippen molar-refractivity contribution in [3.8, 4) is 5.75 Å². The van der Waals surface area contributed by atoms with Crippen LogP contribution in [0.2, 0.25) is 0 Å². The highest BCUT2D eigenvalue weighted by molar-refractivity contribution is 5.79. The van der Waals surface area contributed by atoms with E-state index in [4.69, 9.17) is 4.74 Å². The maximum atomic E-state index is 11.3. The molecule has 2 rings (SSSR count). The molecule has 0 bridgehead atoms. The Bertz CT molecular complexity index is 507. The Morgan fingerprint density at radius 1 is 1.43 bits per heavy atom. The van der Waals surface area contributed by atoms with Gasteiger partial charge in [0.25, 0.3) is 5.56 Å². The van der Waals surface area contributed by atoms with Gasteiger partial charge in [0.2, 0.25) is 0 Å². The van der Waals surface area contributed by atoms with Gasteiger partial charge in [-0.05, 0) is 6.92 Å². The number of nitrogens with zero attached hydrogens (tertiary/aromatic N) is 2. The number of aromatic nitrogens is 3. The van der Waals surface area contributed by atoms with Crippen molar-refractivity contribution in [3.05, 3.63) is 28.9 Å². The molecule has 0 atom stereocenters. The lowest BCUT2D eigenvalue weighted by Crippen LogP contribution is -2.08. The van der Waals surface area contributed by atoms with Crippen LogP contribution in [0.4, 0.5) is 0 Å². The van der Waals surface area contributed by atoms with E-state index in [0.717, 1.165) is 0 Å². The minimum Gasteiger partial charge on any atom is -0.491 e. The molecule has 72 valence electrons. The highest BCUT2D eigenvalue weighted by Crippen LogP contribution is 2.17. The number of pyridine rings is 1. The van der Waals surface area contributed by atoms with E-state index in [2.05, 4.69) is 15.0 Å². The molecule has 5 nitrogen and oxygen atoms in total. The average molecular weight is 191 g/mol. The molecule has 0 aliphatic carbocycles. The summed E-state index contributed by atoms with van der Waals surface area (Å²) in [5, 5.41) is 0. The third-order valence-electron chi connectivity index (χ3n) is 1.79. The zero-order chi connectivity index (χ0) is 9.97. The van der Waals surface area contributed by atoms with Crippen molar-refractivity contribution < 1.29 is 4.74 Å². The minimum atomic E-state index is -0.253. The molecule has 0 aliphatic heterocycles. The van der Waals surface area contributed by atoms with Gasteiger partial charge in [-0.2, -0.15) is 0 Å². The summed E-state index contributed by atoms with van der Waals surface area (Å²) in [6.45, 7) is 2.41. The smallest absolute Gasteiger partial charge is 0.277 e. The number of fused-ring (bicyclic) bond motifs is 1. The monoisotopic (exact) mass is 191 g/mol. The molecular weight excluding hydrogens is 182 g/mol. The fourth-order valence-corrected chi connectivity index (χ4v) is 1.22. The van der Waals surface area contributed by atoms with E-state index >= 15 is 0 Å². The molecule has 0 saturated carbocycles. The van der Waals surface area contributed by atoms with Crippen molar-refractivity contribution in [2.75, 3.05) is 6.61 Å². The molecular formula is C9H9N3O2. The lowest BCUT2D eigenvalue weighted by Gasteiger charge is -2.03. The van der Waals surface area contributed by atoms with Crippen LogP contribution in [0.25, 0.3) is 11.0 Å². The highest BCUT2D eigenvalue weighted by atomic mass is 16.5. The summed E-state index contributed by atoms with van der Waals surface area (Å²) in [5.41, 5.74) is 0.549. The predicted octanol–water partition coefficient (Wildman–Crippen LogP) is 0.717. The van der Waals surface area contributed by atoms with Crippen LogP contribution in [0.15, 0.2) is 23.4 Å². The Balaban J connectivity index is 2.75. The summed E-state index contributed by atoms with van der Waals surface area (Å²) in [6, 6.07) is 1.69. The van der Waals surface area contributed by atoms with Crippen molar-refractivity contribution in [1.82, 2.24) is 15.0 Å². The van der Waals surface area contributed by atoms with E-state index in [9.17, 15) is 4.79 Å². The van der Waals surface area contributed by atoms with Crippen LogP contribution in [-0.4, -0.2) is 21.6 Å². The van der Waals surface area contributed by atoms with Gasteiger partial charge in [0.15, 0.2) is 5.52 Å². The Morgan fingerprint density at radius 3 is 3.07 bits per heavy atom. The molecule has 0 aliphatic rings. The highest BCUT2D eigenvalue weighted by Gasteiger charge is 2.05. The quantitative estimate of drug-likeness (QED) is 0.759. The number of nitrogens with one attached hydrogen (secondary N) is 1. The first-order chi connectivity index (χ1) is 6.83. The Hall–Kier alpha value is -1.91. The van der Waals surface area contributed by atoms with Crippen LogP contribution in [0, 0.1) is 0 Å². The second-order valence-electron chi connectivity index (χ2n) is 2.67. The predicted molar refractivity (Wildman–Crippen MR) is 51.3 cm³/mol. The number of hydrogen-bond acceptors (Lipinski definition) is 4. The molecule has 1 N–H and O–H groups in total. The summed E-state index contributed by atoms with van der Waals surface area (Å²) < 4.78 is 5.32. The molecule has 0 fully saturated rings. The number of ether oxygens (including phenoxy) is 1. The van der Waals surface area contributed by atoms with Crippen LogP contribution in [0.3, 0.4) is 0 Å². The lowest BCUT2D eigenvalue weighted by atomic mass is 10.3. The third-order valence-corrected chi connectivity index (χ3v) is 1.79. The minimum absolute atomic E-state index is 0.253. The van der Waals surface area contributed by atoms with E-state index in [1.54, 1.807) is 6.07 Å². The first-order valence-corrected chi connectivity index (χ1v) is 4.28. The molecule has 2 heterocycles. The fraction of sp³-hybridized carbons (Fsp3) is 0.222. The molecule has 0 saturated heterocycles. The second-order valence-corrected chi connectivity index (χ2v) is 2.67. The fourth-order valence-electron chi connectivity index (χ4n) is 1.22. The maximum Gasteiger partial charge on any atom is 0.277 e. The van der Waals surface area contributed by atoms with E-state index in [-0.39, 0.29) is 5.56 Å². The zero-order valence-electron chi connectivity index (χ0n) is 7.65. The van der Waals surface area contributed by atoms with Gasteiger partial charge in [0, 0.05) is 12.3 Å². The van der Waals surface area contributed by atoms with Crippen molar-refractivity contribution in [2.45, 2.75) is 6.92 Å². The Labute approximate surface area is 79.8 Å². The van der Waals surface area contributed by atoms with Gasteiger partial charge in [-0.25, -0.2) is 9.97 Å². The first-order valence-electron chi connectivity index (χ1n) is 4.28. The average Bonchev–Trinajstić information content (AvgIpc) is 2.20. The molecule has 0 spiro atoms. The molecule has 0 aromatic carbocycles. The largest absolute Gasteiger partial charge is 0.491 e. The maximum absolute atomic E-state index is 11.3. The van der Waals surface area contributed by atoms with Gasteiger partial charge in [0.1, 0.15) is 11.3 Å². The summed E-state index contributed by atoms with van der Waals surface area (Å²) in [6.07, 6.45) is 2.87. The van der Waals surface area contributed by atoms with Gasteiger partial charge >= 0.3 is 0 Å². The number of hydrogen-bond donors (Lipinski definition) is 1. The lowest BCUT2D eigenvalue weighted by molar-refractivity contribution is 0.343. The number of H-pyrrole nitrogens is 1. The standard InChI is InChI=1S/C9H9N3O2/c1-2-14-6-3-4-10-8-7(6)11-5-12-9(8)13/h3-5H,2H2,1H3,(H,11,12,13). The Morgan fingerprint density at radius 2 is 2.29 bits per heavy atom. The molecule has 0 unspecified atom stereocenters. The van der Waals surface area contributed by atoms with E-state index < -0.39 is 0 Å². The van der Waals surface area contributed by atoms with Gasteiger partial charge in [-0.1, -0.05) is 0 Å². The zero-order valence-corrected chi connectivity index (χ0v) is 7.65. The van der Waals surface area contributed by atoms with Crippen molar-refractivity contribution in [1.29, 1.82) is 0 Å². The van der Waals surface area contributed by atoms with E-state index in [1.165, 1.54) is 12.5 Å².